The summed E-state index contributed by atoms with van der Waals surface area (Å²) >= 11 is 0. The van der Waals surface area contributed by atoms with Crippen molar-refractivity contribution in [3.05, 3.63) is 59.2 Å². The van der Waals surface area contributed by atoms with Gasteiger partial charge in [0, 0.05) is 5.92 Å². The van der Waals surface area contributed by atoms with Gasteiger partial charge < -0.3 is 10.1 Å². The first kappa shape index (κ1) is 20.1. The maximum atomic E-state index is 13.3. The molecule has 0 bridgehead atoms. The molecule has 1 fully saturated rings. The average Bonchev–Trinajstić information content (AvgIpc) is 3.30. The molecule has 0 radical (unpaired) electrons. The highest BCUT2D eigenvalue weighted by Crippen LogP contribution is 2.40. The van der Waals surface area contributed by atoms with E-state index >= 15 is 0 Å². The second-order valence-electron chi connectivity index (χ2n) is 7.59. The molecule has 3 aromatic rings. The van der Waals surface area contributed by atoms with E-state index < -0.39 is 12.3 Å². The predicted octanol–water partition coefficient (Wildman–Crippen LogP) is 4.19. The fourth-order valence-electron chi connectivity index (χ4n) is 3.27. The van der Waals surface area contributed by atoms with Crippen LogP contribution in [0.25, 0.3) is 0 Å². The lowest BCUT2D eigenvalue weighted by Gasteiger charge is -2.09. The third-order valence-corrected chi connectivity index (χ3v) is 4.94. The maximum absolute atomic E-state index is 13.3. The van der Waals surface area contributed by atoms with Gasteiger partial charge in [0.1, 0.15) is 18.0 Å². The lowest BCUT2D eigenvalue weighted by Crippen LogP contribution is -2.21. The maximum Gasteiger partial charge on any atom is 0.280 e. The van der Waals surface area contributed by atoms with Crippen LogP contribution in [0.3, 0.4) is 0 Å². The number of benzene rings is 1. The first-order valence-corrected chi connectivity index (χ1v) is 9.77. The molecule has 4 rings (SSSR count). The van der Waals surface area contributed by atoms with Crippen molar-refractivity contribution in [1.29, 1.82) is 0 Å². The van der Waals surface area contributed by atoms with Gasteiger partial charge in [0.15, 0.2) is 6.73 Å². The molecule has 0 aliphatic heterocycles. The van der Waals surface area contributed by atoms with Crippen LogP contribution in [0.5, 0.6) is 5.75 Å². The number of nitrogens with zero attached hydrogens (tertiary/aromatic N) is 4. The smallest absolute Gasteiger partial charge is 0.280 e. The number of ether oxygens (including phenoxy) is 1. The Balaban J connectivity index is 1.35. The first-order chi connectivity index (χ1) is 14.4. The van der Waals surface area contributed by atoms with Gasteiger partial charge in [0.05, 0.1) is 23.8 Å². The number of aryl methyl sites for hydroxylation is 2. The normalized spacial score (nSPS) is 13.6. The van der Waals surface area contributed by atoms with Gasteiger partial charge in [-0.05, 0) is 44.4 Å². The van der Waals surface area contributed by atoms with E-state index in [2.05, 4.69) is 15.5 Å². The number of aromatic nitrogens is 4. The number of alkyl halides is 2. The lowest BCUT2D eigenvalue weighted by atomic mass is 10.1. The Morgan fingerprint density at radius 1 is 1.30 bits per heavy atom. The molecule has 1 aliphatic carbocycles. The van der Waals surface area contributed by atoms with Gasteiger partial charge in [-0.15, -0.1) is 0 Å². The van der Waals surface area contributed by atoms with Crippen LogP contribution in [-0.2, 0) is 18.1 Å². The molecule has 7 nitrogen and oxygen atoms in total. The second kappa shape index (κ2) is 8.25. The average molecular weight is 415 g/mol. The summed E-state index contributed by atoms with van der Waals surface area (Å²) in [6.07, 6.45) is 2.33. The highest BCUT2D eigenvalue weighted by atomic mass is 19.3. The van der Waals surface area contributed by atoms with Crippen molar-refractivity contribution in [3.8, 4) is 5.75 Å². The zero-order valence-electron chi connectivity index (χ0n) is 16.8. The fourth-order valence-corrected chi connectivity index (χ4v) is 3.27. The zero-order valence-corrected chi connectivity index (χ0v) is 16.8. The number of carbonyl (C=O) groups excluding carboxylic acids is 1. The van der Waals surface area contributed by atoms with Gasteiger partial charge in [0.2, 0.25) is 5.91 Å². The molecular weight excluding hydrogens is 392 g/mol. The number of anilines is 1. The highest BCUT2D eigenvalue weighted by Gasteiger charge is 2.29. The van der Waals surface area contributed by atoms with E-state index in [1.54, 1.807) is 10.9 Å². The molecule has 1 aromatic carbocycles. The van der Waals surface area contributed by atoms with Gasteiger partial charge in [-0.2, -0.15) is 10.2 Å². The minimum Gasteiger partial charge on any atom is -0.471 e. The summed E-state index contributed by atoms with van der Waals surface area (Å²) in [6, 6.07) is 7.30. The summed E-state index contributed by atoms with van der Waals surface area (Å²) < 4.78 is 34.9. The monoisotopic (exact) mass is 415 g/mol. The van der Waals surface area contributed by atoms with E-state index in [9.17, 15) is 13.6 Å². The van der Waals surface area contributed by atoms with E-state index in [1.165, 1.54) is 12.3 Å². The Labute approximate surface area is 172 Å². The molecule has 0 saturated heterocycles. The number of hydrogen-bond acceptors (Lipinski definition) is 4. The molecule has 0 atom stereocenters. The SMILES string of the molecule is Cc1ccc(OCn2cc(NC(=O)Cn3nc(C4CC4)cc3C(F)F)cn2)c(C)c1. The molecule has 0 spiro atoms. The zero-order chi connectivity index (χ0) is 21.3. The van der Waals surface area contributed by atoms with Crippen LogP contribution in [0.4, 0.5) is 14.5 Å². The molecule has 2 heterocycles. The summed E-state index contributed by atoms with van der Waals surface area (Å²) in [4.78, 5) is 12.3. The van der Waals surface area contributed by atoms with E-state index in [0.29, 0.717) is 11.4 Å². The Morgan fingerprint density at radius 2 is 2.10 bits per heavy atom. The summed E-state index contributed by atoms with van der Waals surface area (Å²) in [5.74, 6) is 0.547. The number of carbonyl (C=O) groups is 1. The van der Waals surface area contributed by atoms with Crippen LogP contribution in [-0.4, -0.2) is 25.5 Å². The molecule has 2 aromatic heterocycles. The van der Waals surface area contributed by atoms with E-state index in [4.69, 9.17) is 4.74 Å². The van der Waals surface area contributed by atoms with Crippen LogP contribution in [0.15, 0.2) is 36.7 Å². The van der Waals surface area contributed by atoms with Gasteiger partial charge in [-0.3, -0.25) is 9.48 Å². The minimum atomic E-state index is -2.68. The van der Waals surface area contributed by atoms with Crippen LogP contribution in [0, 0.1) is 13.8 Å². The van der Waals surface area contributed by atoms with Crippen molar-refractivity contribution >= 4 is 11.6 Å². The molecule has 0 unspecified atom stereocenters. The number of amides is 1. The Hall–Kier alpha value is -3.23. The van der Waals surface area contributed by atoms with E-state index in [1.807, 2.05) is 32.0 Å². The van der Waals surface area contributed by atoms with Crippen molar-refractivity contribution in [2.24, 2.45) is 0 Å². The van der Waals surface area contributed by atoms with Crippen LogP contribution in [0.2, 0.25) is 0 Å². The topological polar surface area (TPSA) is 74.0 Å². The molecule has 1 saturated carbocycles. The molecule has 1 N–H and O–H groups in total. The van der Waals surface area contributed by atoms with Crippen molar-refractivity contribution in [2.45, 2.75) is 52.3 Å². The summed E-state index contributed by atoms with van der Waals surface area (Å²) in [7, 11) is 0. The molecule has 1 aliphatic rings. The molecule has 30 heavy (non-hydrogen) atoms. The van der Waals surface area contributed by atoms with Gasteiger partial charge >= 0.3 is 0 Å². The van der Waals surface area contributed by atoms with Crippen molar-refractivity contribution < 1.29 is 18.3 Å². The van der Waals surface area contributed by atoms with Gasteiger partial charge in [-0.1, -0.05) is 17.7 Å². The Kier molecular flexibility index (Phi) is 5.52. The molecule has 158 valence electrons. The quantitative estimate of drug-likeness (QED) is 0.599. The molecular formula is C21H23F2N5O2. The van der Waals surface area contributed by atoms with E-state index in [-0.39, 0.29) is 24.9 Å². The van der Waals surface area contributed by atoms with Crippen molar-refractivity contribution in [1.82, 2.24) is 19.6 Å². The minimum absolute atomic E-state index is 0.180. The lowest BCUT2D eigenvalue weighted by molar-refractivity contribution is -0.117. The Morgan fingerprint density at radius 3 is 2.80 bits per heavy atom. The Bertz CT molecular complexity index is 1060. The number of halogens is 2. The van der Waals surface area contributed by atoms with Gasteiger partial charge in [0.25, 0.3) is 6.43 Å². The first-order valence-electron chi connectivity index (χ1n) is 9.77. The second-order valence-corrected chi connectivity index (χ2v) is 7.59. The number of hydrogen-bond donors (Lipinski definition) is 1. The standard InChI is InChI=1S/C21H23F2N5O2/c1-13-3-6-19(14(2)7-13)30-12-27-10-16(9-24-27)25-20(29)11-28-18(21(22)23)8-17(26-28)15-4-5-15/h3,6-10,15,21H,4-5,11-12H2,1-2H3,(H,25,29). The summed E-state index contributed by atoms with van der Waals surface area (Å²) in [6.45, 7) is 3.88. The predicted molar refractivity (Wildman–Crippen MR) is 107 cm³/mol. The van der Waals surface area contributed by atoms with Crippen LogP contribution < -0.4 is 10.1 Å². The van der Waals surface area contributed by atoms with Crippen molar-refractivity contribution in [2.75, 3.05) is 5.32 Å². The van der Waals surface area contributed by atoms with Gasteiger partial charge in [-0.25, -0.2) is 13.5 Å². The third kappa shape index (κ3) is 4.67. The third-order valence-electron chi connectivity index (χ3n) is 4.94. The molecule has 9 heteroatoms. The van der Waals surface area contributed by atoms with E-state index in [0.717, 1.165) is 34.4 Å². The summed E-state index contributed by atoms with van der Waals surface area (Å²) in [5.41, 5.74) is 3.03. The van der Waals surface area contributed by atoms with Crippen LogP contribution in [0.1, 0.15) is 47.7 Å². The summed E-state index contributed by atoms with van der Waals surface area (Å²) in [5, 5.41) is 11.0. The fraction of sp³-hybridized carbons (Fsp3) is 0.381. The number of rotatable bonds is 8. The van der Waals surface area contributed by atoms with Crippen molar-refractivity contribution in [3.63, 3.8) is 0 Å². The van der Waals surface area contributed by atoms with Crippen LogP contribution >= 0.6 is 0 Å². The largest absolute Gasteiger partial charge is 0.471 e. The molecule has 1 amide bonds. The number of nitrogens with one attached hydrogen (secondary N) is 1. The highest BCUT2D eigenvalue weighted by molar-refractivity contribution is 5.90.